The van der Waals surface area contributed by atoms with Crippen LogP contribution in [-0.2, 0) is 11.3 Å². The number of carbonyl (C=O) groups excluding carboxylic acids is 2. The van der Waals surface area contributed by atoms with Crippen molar-refractivity contribution in [3.8, 4) is 11.4 Å². The molecule has 172 valence electrons. The Morgan fingerprint density at radius 2 is 1.71 bits per heavy atom. The summed E-state index contributed by atoms with van der Waals surface area (Å²) in [4.78, 5) is 29.3. The summed E-state index contributed by atoms with van der Waals surface area (Å²) in [6, 6.07) is 24.3. The summed E-state index contributed by atoms with van der Waals surface area (Å²) in [7, 11) is 1.56. The molecule has 8 heteroatoms. The van der Waals surface area contributed by atoms with Crippen molar-refractivity contribution in [1.29, 1.82) is 0 Å². The van der Waals surface area contributed by atoms with Gasteiger partial charge in [-0.05, 0) is 42.0 Å². The van der Waals surface area contributed by atoms with Gasteiger partial charge in [0.05, 0.1) is 18.6 Å². The Kier molecular flexibility index (Phi) is 7.62. The number of thioether (sulfide) groups is 1. The van der Waals surface area contributed by atoms with E-state index in [4.69, 9.17) is 4.74 Å². The van der Waals surface area contributed by atoms with Crippen LogP contribution in [0.15, 0.2) is 96.4 Å². The van der Waals surface area contributed by atoms with Gasteiger partial charge in [0.15, 0.2) is 5.16 Å². The summed E-state index contributed by atoms with van der Waals surface area (Å²) in [6.45, 7) is 0.473. The first kappa shape index (κ1) is 23.1. The molecule has 0 radical (unpaired) electrons. The quantitative estimate of drug-likeness (QED) is 0.349. The number of aromatic nitrogens is 2. The predicted molar refractivity (Wildman–Crippen MR) is 134 cm³/mol. The maximum absolute atomic E-state index is 12.5. The first-order valence-electron chi connectivity index (χ1n) is 10.7. The van der Waals surface area contributed by atoms with E-state index in [1.807, 2.05) is 65.4 Å². The highest BCUT2D eigenvalue weighted by molar-refractivity contribution is 7.99. The van der Waals surface area contributed by atoms with Crippen LogP contribution in [0.4, 0.5) is 5.69 Å². The number of amides is 2. The van der Waals surface area contributed by atoms with E-state index < -0.39 is 0 Å². The smallest absolute Gasteiger partial charge is 0.251 e. The molecule has 0 saturated heterocycles. The van der Waals surface area contributed by atoms with E-state index in [-0.39, 0.29) is 17.6 Å². The fourth-order valence-corrected chi connectivity index (χ4v) is 4.08. The van der Waals surface area contributed by atoms with Crippen molar-refractivity contribution in [1.82, 2.24) is 14.9 Å². The molecule has 2 N–H and O–H groups in total. The summed E-state index contributed by atoms with van der Waals surface area (Å²) < 4.78 is 7.15. The van der Waals surface area contributed by atoms with Gasteiger partial charge in [-0.15, -0.1) is 0 Å². The second-order valence-corrected chi connectivity index (χ2v) is 8.27. The van der Waals surface area contributed by atoms with Gasteiger partial charge in [0.2, 0.25) is 5.91 Å². The zero-order valence-electron chi connectivity index (χ0n) is 18.6. The van der Waals surface area contributed by atoms with Crippen molar-refractivity contribution in [3.05, 3.63) is 102 Å². The average Bonchev–Trinajstić information content (AvgIpc) is 3.36. The lowest BCUT2D eigenvalue weighted by atomic mass is 10.1. The fourth-order valence-electron chi connectivity index (χ4n) is 3.31. The minimum atomic E-state index is -0.158. The number of rotatable bonds is 9. The number of imidazole rings is 1. The topological polar surface area (TPSA) is 85.2 Å². The highest BCUT2D eigenvalue weighted by atomic mass is 32.2. The molecule has 4 rings (SSSR count). The molecule has 0 saturated carbocycles. The Hall–Kier alpha value is -4.04. The standard InChI is InChI=1S/C26H24N4O3S/c1-33-23-10-6-5-9-22(23)29-24(31)18-34-26-27-15-16-30(26)21-13-11-20(12-14-21)25(32)28-17-19-7-3-2-4-8-19/h2-16H,17-18H2,1H3,(H,28,32)(H,29,31). The third-order valence-corrected chi connectivity index (χ3v) is 5.99. The molecule has 1 aromatic heterocycles. The van der Waals surface area contributed by atoms with Gasteiger partial charge >= 0.3 is 0 Å². The third-order valence-electron chi connectivity index (χ3n) is 5.02. The minimum Gasteiger partial charge on any atom is -0.495 e. The van der Waals surface area contributed by atoms with Gasteiger partial charge in [0, 0.05) is 30.2 Å². The largest absolute Gasteiger partial charge is 0.495 e. The van der Waals surface area contributed by atoms with Crippen molar-refractivity contribution >= 4 is 29.3 Å². The molecule has 0 spiro atoms. The zero-order chi connectivity index (χ0) is 23.8. The summed E-state index contributed by atoms with van der Waals surface area (Å²) in [5, 5.41) is 6.46. The molecule has 0 bridgehead atoms. The minimum absolute atomic E-state index is 0.136. The first-order valence-corrected chi connectivity index (χ1v) is 11.6. The van der Waals surface area contributed by atoms with Gasteiger partial charge in [-0.25, -0.2) is 4.98 Å². The molecule has 34 heavy (non-hydrogen) atoms. The van der Waals surface area contributed by atoms with Crippen molar-refractivity contribution in [2.24, 2.45) is 0 Å². The Morgan fingerprint density at radius 3 is 2.47 bits per heavy atom. The van der Waals surface area contributed by atoms with Gasteiger partial charge in [0.1, 0.15) is 5.75 Å². The van der Waals surface area contributed by atoms with Gasteiger partial charge in [0.25, 0.3) is 5.91 Å². The highest BCUT2D eigenvalue weighted by Crippen LogP contribution is 2.25. The number of carbonyl (C=O) groups is 2. The summed E-state index contributed by atoms with van der Waals surface area (Å²) >= 11 is 1.33. The fraction of sp³-hybridized carbons (Fsp3) is 0.115. The molecule has 1 heterocycles. The van der Waals surface area contributed by atoms with Gasteiger partial charge in [-0.2, -0.15) is 0 Å². The molecular formula is C26H24N4O3S. The molecule has 7 nitrogen and oxygen atoms in total. The van der Waals surface area contributed by atoms with Crippen LogP contribution in [0.3, 0.4) is 0 Å². The molecule has 0 fully saturated rings. The Labute approximate surface area is 202 Å². The van der Waals surface area contributed by atoms with Crippen LogP contribution >= 0.6 is 11.8 Å². The lowest BCUT2D eigenvalue weighted by Gasteiger charge is -2.11. The molecule has 0 atom stereocenters. The molecule has 0 aliphatic rings. The van der Waals surface area contributed by atoms with Crippen LogP contribution in [0, 0.1) is 0 Å². The molecule has 0 aliphatic heterocycles. The highest BCUT2D eigenvalue weighted by Gasteiger charge is 2.12. The molecule has 0 aliphatic carbocycles. The number of para-hydroxylation sites is 2. The SMILES string of the molecule is COc1ccccc1NC(=O)CSc1nccn1-c1ccc(C(=O)NCc2ccccc2)cc1. The van der Waals surface area contributed by atoms with Gasteiger partial charge < -0.3 is 15.4 Å². The molecule has 2 amide bonds. The lowest BCUT2D eigenvalue weighted by molar-refractivity contribution is -0.113. The van der Waals surface area contributed by atoms with Crippen LogP contribution in [-0.4, -0.2) is 34.2 Å². The Balaban J connectivity index is 1.35. The van der Waals surface area contributed by atoms with E-state index in [2.05, 4.69) is 15.6 Å². The van der Waals surface area contributed by atoms with E-state index >= 15 is 0 Å². The molecule has 4 aromatic rings. The van der Waals surface area contributed by atoms with Gasteiger partial charge in [-0.3, -0.25) is 14.2 Å². The summed E-state index contributed by atoms with van der Waals surface area (Å²) in [5.41, 5.74) is 3.09. The van der Waals surface area contributed by atoms with Crippen LogP contribution in [0.25, 0.3) is 5.69 Å². The molecular weight excluding hydrogens is 448 g/mol. The normalized spacial score (nSPS) is 10.5. The number of hydrogen-bond acceptors (Lipinski definition) is 5. The van der Waals surface area contributed by atoms with Crippen molar-refractivity contribution < 1.29 is 14.3 Å². The summed E-state index contributed by atoms with van der Waals surface area (Å²) in [5.74, 6) is 0.503. The first-order chi connectivity index (χ1) is 16.6. The van der Waals surface area contributed by atoms with Crippen molar-refractivity contribution in [2.75, 3.05) is 18.2 Å². The van der Waals surface area contributed by atoms with Gasteiger partial charge in [-0.1, -0.05) is 54.2 Å². The zero-order valence-corrected chi connectivity index (χ0v) is 19.4. The third kappa shape index (κ3) is 5.85. The maximum Gasteiger partial charge on any atom is 0.251 e. The number of nitrogens with zero attached hydrogens (tertiary/aromatic N) is 2. The van der Waals surface area contributed by atoms with Crippen LogP contribution in [0.1, 0.15) is 15.9 Å². The van der Waals surface area contributed by atoms with E-state index in [1.54, 1.807) is 37.6 Å². The van der Waals surface area contributed by atoms with E-state index in [1.165, 1.54) is 11.8 Å². The number of ether oxygens (including phenoxy) is 1. The Morgan fingerprint density at radius 1 is 0.971 bits per heavy atom. The molecule has 3 aromatic carbocycles. The van der Waals surface area contributed by atoms with E-state index in [9.17, 15) is 9.59 Å². The number of methoxy groups -OCH3 is 1. The van der Waals surface area contributed by atoms with Crippen LogP contribution in [0.2, 0.25) is 0 Å². The average molecular weight is 473 g/mol. The van der Waals surface area contributed by atoms with Crippen molar-refractivity contribution in [2.45, 2.75) is 11.7 Å². The molecule has 0 unspecified atom stereocenters. The second-order valence-electron chi connectivity index (χ2n) is 7.33. The van der Waals surface area contributed by atoms with Crippen LogP contribution < -0.4 is 15.4 Å². The predicted octanol–water partition coefficient (Wildman–Crippen LogP) is 4.54. The van der Waals surface area contributed by atoms with Crippen LogP contribution in [0.5, 0.6) is 5.75 Å². The number of nitrogens with one attached hydrogen (secondary N) is 2. The monoisotopic (exact) mass is 472 g/mol. The second kappa shape index (κ2) is 11.2. The summed E-state index contributed by atoms with van der Waals surface area (Å²) in [6.07, 6.45) is 3.51. The van der Waals surface area contributed by atoms with Crippen molar-refractivity contribution in [3.63, 3.8) is 0 Å². The number of benzene rings is 3. The maximum atomic E-state index is 12.5. The number of hydrogen-bond donors (Lipinski definition) is 2. The number of anilines is 1. The van der Waals surface area contributed by atoms with E-state index in [0.29, 0.717) is 28.7 Å². The lowest BCUT2D eigenvalue weighted by Crippen LogP contribution is -2.22. The van der Waals surface area contributed by atoms with E-state index in [0.717, 1.165) is 11.3 Å². The Bertz CT molecular complexity index is 1260.